The molecule has 2 amide bonds. The van der Waals surface area contributed by atoms with Crippen LogP contribution in [0.25, 0.3) is 6.08 Å². The van der Waals surface area contributed by atoms with Crippen LogP contribution in [0.2, 0.25) is 0 Å². The van der Waals surface area contributed by atoms with E-state index < -0.39 is 18.5 Å². The highest BCUT2D eigenvalue weighted by atomic mass is 16.5. The van der Waals surface area contributed by atoms with Gasteiger partial charge in [0, 0.05) is 17.3 Å². The normalized spacial score (nSPS) is 10.4. The van der Waals surface area contributed by atoms with Gasteiger partial charge in [0.15, 0.2) is 6.61 Å². The second kappa shape index (κ2) is 11.1. The predicted molar refractivity (Wildman–Crippen MR) is 122 cm³/mol. The Bertz CT molecular complexity index is 1110. The fraction of sp³-hybridized carbons (Fsp3) is 0.0800. The van der Waals surface area contributed by atoms with Crippen molar-refractivity contribution in [3.8, 4) is 5.75 Å². The molecular weight excluding hydrogens is 408 g/mol. The molecule has 7 heteroatoms. The summed E-state index contributed by atoms with van der Waals surface area (Å²) in [5.41, 5.74) is 2.29. The Labute approximate surface area is 185 Å². The Balaban J connectivity index is 1.48. The van der Waals surface area contributed by atoms with E-state index >= 15 is 0 Å². The Morgan fingerprint density at radius 2 is 1.53 bits per heavy atom. The highest BCUT2D eigenvalue weighted by Crippen LogP contribution is 2.23. The van der Waals surface area contributed by atoms with E-state index in [9.17, 15) is 14.4 Å². The summed E-state index contributed by atoms with van der Waals surface area (Å²) in [7, 11) is 1.53. The molecule has 0 unspecified atom stereocenters. The number of para-hydroxylation sites is 2. The summed E-state index contributed by atoms with van der Waals surface area (Å²) in [5.74, 6) is -0.866. The Hall–Kier alpha value is -4.39. The highest BCUT2D eigenvalue weighted by Gasteiger charge is 2.10. The van der Waals surface area contributed by atoms with Gasteiger partial charge in [-0.2, -0.15) is 0 Å². The summed E-state index contributed by atoms with van der Waals surface area (Å²) in [6, 6.07) is 22.7. The minimum Gasteiger partial charge on any atom is -0.495 e. The summed E-state index contributed by atoms with van der Waals surface area (Å²) < 4.78 is 10.2. The van der Waals surface area contributed by atoms with Crippen molar-refractivity contribution in [2.45, 2.75) is 0 Å². The number of hydrogen-bond acceptors (Lipinski definition) is 5. The lowest BCUT2D eigenvalue weighted by molar-refractivity contribution is -0.142. The average molecular weight is 430 g/mol. The molecule has 0 atom stereocenters. The molecule has 0 aliphatic rings. The van der Waals surface area contributed by atoms with Crippen molar-refractivity contribution in [2.75, 3.05) is 24.4 Å². The molecule has 0 spiro atoms. The number of ether oxygens (including phenoxy) is 2. The first-order valence-corrected chi connectivity index (χ1v) is 9.79. The van der Waals surface area contributed by atoms with E-state index in [1.165, 1.54) is 13.2 Å². The molecule has 3 rings (SSSR count). The van der Waals surface area contributed by atoms with Crippen LogP contribution in [0, 0.1) is 0 Å². The molecule has 0 aliphatic heterocycles. The van der Waals surface area contributed by atoms with Gasteiger partial charge in [-0.15, -0.1) is 0 Å². The monoisotopic (exact) mass is 430 g/mol. The van der Waals surface area contributed by atoms with Gasteiger partial charge in [0.25, 0.3) is 11.8 Å². The molecule has 2 N–H and O–H groups in total. The van der Waals surface area contributed by atoms with Crippen LogP contribution in [0.3, 0.4) is 0 Å². The fourth-order valence-corrected chi connectivity index (χ4v) is 2.76. The number of amides is 2. The molecule has 0 saturated carbocycles. The zero-order chi connectivity index (χ0) is 22.8. The number of carbonyl (C=O) groups excluding carboxylic acids is 3. The molecule has 0 fully saturated rings. The molecule has 0 aromatic heterocycles. The largest absolute Gasteiger partial charge is 0.495 e. The second-order valence-corrected chi connectivity index (χ2v) is 6.63. The van der Waals surface area contributed by atoms with Gasteiger partial charge in [0.05, 0.1) is 12.8 Å². The summed E-state index contributed by atoms with van der Waals surface area (Å²) in [4.78, 5) is 36.2. The third kappa shape index (κ3) is 6.56. The van der Waals surface area contributed by atoms with Crippen LogP contribution >= 0.6 is 0 Å². The number of methoxy groups -OCH3 is 1. The summed E-state index contributed by atoms with van der Waals surface area (Å²) in [5, 5.41) is 5.39. The first-order valence-electron chi connectivity index (χ1n) is 9.79. The maximum absolute atomic E-state index is 12.4. The standard InChI is InChI=1S/C25H22N2O5/c1-31-22-10-6-5-9-21(22)27-25(30)19-12-14-20(15-13-19)26-23(28)17-32-24(29)16-11-18-7-3-2-4-8-18/h2-16H,17H2,1H3,(H,26,28)(H,27,30)/b16-11+. The second-order valence-electron chi connectivity index (χ2n) is 6.63. The van der Waals surface area contributed by atoms with Crippen molar-refractivity contribution in [3.05, 3.63) is 96.1 Å². The van der Waals surface area contributed by atoms with E-state index in [2.05, 4.69) is 10.6 Å². The molecule has 7 nitrogen and oxygen atoms in total. The number of hydrogen-bond donors (Lipinski definition) is 2. The van der Waals surface area contributed by atoms with Crippen molar-refractivity contribution in [3.63, 3.8) is 0 Å². The molecular formula is C25H22N2O5. The number of rotatable bonds is 8. The molecule has 0 aliphatic carbocycles. The number of benzene rings is 3. The fourth-order valence-electron chi connectivity index (χ4n) is 2.76. The minimum absolute atomic E-state index is 0.313. The van der Waals surface area contributed by atoms with Crippen LogP contribution < -0.4 is 15.4 Å². The Morgan fingerprint density at radius 3 is 2.25 bits per heavy atom. The summed E-state index contributed by atoms with van der Waals surface area (Å²) >= 11 is 0. The maximum Gasteiger partial charge on any atom is 0.331 e. The zero-order valence-corrected chi connectivity index (χ0v) is 17.4. The molecule has 0 saturated heterocycles. The maximum atomic E-state index is 12.4. The lowest BCUT2D eigenvalue weighted by Crippen LogP contribution is -2.20. The van der Waals surface area contributed by atoms with Crippen molar-refractivity contribution in [1.29, 1.82) is 0 Å². The van der Waals surface area contributed by atoms with Gasteiger partial charge in [-0.1, -0.05) is 42.5 Å². The number of esters is 1. The van der Waals surface area contributed by atoms with E-state index in [1.807, 2.05) is 36.4 Å². The van der Waals surface area contributed by atoms with E-state index in [1.54, 1.807) is 48.5 Å². The van der Waals surface area contributed by atoms with Gasteiger partial charge in [-0.25, -0.2) is 4.79 Å². The van der Waals surface area contributed by atoms with Gasteiger partial charge in [-0.3, -0.25) is 9.59 Å². The van der Waals surface area contributed by atoms with Crippen molar-refractivity contribution < 1.29 is 23.9 Å². The minimum atomic E-state index is -0.618. The van der Waals surface area contributed by atoms with Crippen LogP contribution in [0.1, 0.15) is 15.9 Å². The molecule has 3 aromatic rings. The topological polar surface area (TPSA) is 93.7 Å². The highest BCUT2D eigenvalue weighted by molar-refractivity contribution is 6.05. The quantitative estimate of drug-likeness (QED) is 0.414. The van der Waals surface area contributed by atoms with Crippen LogP contribution in [-0.4, -0.2) is 31.5 Å². The molecule has 0 bridgehead atoms. The van der Waals surface area contributed by atoms with E-state index in [-0.39, 0.29) is 5.91 Å². The van der Waals surface area contributed by atoms with Gasteiger partial charge >= 0.3 is 5.97 Å². The van der Waals surface area contributed by atoms with Crippen LogP contribution in [0.4, 0.5) is 11.4 Å². The number of anilines is 2. The Morgan fingerprint density at radius 1 is 0.844 bits per heavy atom. The van der Waals surface area contributed by atoms with Crippen molar-refractivity contribution in [2.24, 2.45) is 0 Å². The van der Waals surface area contributed by atoms with E-state index in [0.717, 1.165) is 5.56 Å². The van der Waals surface area contributed by atoms with Gasteiger partial charge in [0.1, 0.15) is 5.75 Å². The molecule has 0 radical (unpaired) electrons. The third-order valence-electron chi connectivity index (χ3n) is 4.34. The van der Waals surface area contributed by atoms with Crippen molar-refractivity contribution in [1.82, 2.24) is 0 Å². The van der Waals surface area contributed by atoms with E-state index in [4.69, 9.17) is 9.47 Å². The summed E-state index contributed by atoms with van der Waals surface area (Å²) in [6.07, 6.45) is 2.87. The zero-order valence-electron chi connectivity index (χ0n) is 17.4. The number of carbonyl (C=O) groups is 3. The number of nitrogens with one attached hydrogen (secondary N) is 2. The van der Waals surface area contributed by atoms with Crippen LogP contribution in [0.15, 0.2) is 84.9 Å². The first kappa shape index (κ1) is 22.3. The van der Waals surface area contributed by atoms with Gasteiger partial charge < -0.3 is 20.1 Å². The smallest absolute Gasteiger partial charge is 0.331 e. The predicted octanol–water partition coefficient (Wildman–Crippen LogP) is 4.14. The summed E-state index contributed by atoms with van der Waals surface area (Å²) in [6.45, 7) is -0.423. The third-order valence-corrected chi connectivity index (χ3v) is 4.34. The molecule has 162 valence electrons. The molecule has 3 aromatic carbocycles. The van der Waals surface area contributed by atoms with Crippen LogP contribution in [-0.2, 0) is 14.3 Å². The van der Waals surface area contributed by atoms with Crippen molar-refractivity contribution >= 4 is 35.2 Å². The molecule has 32 heavy (non-hydrogen) atoms. The Kier molecular flexibility index (Phi) is 7.75. The molecule has 0 heterocycles. The van der Waals surface area contributed by atoms with E-state index in [0.29, 0.717) is 22.7 Å². The lowest BCUT2D eigenvalue weighted by Gasteiger charge is -2.10. The van der Waals surface area contributed by atoms with Crippen LogP contribution in [0.5, 0.6) is 5.75 Å². The van der Waals surface area contributed by atoms with Gasteiger partial charge in [-0.05, 0) is 48.0 Å². The first-order chi connectivity index (χ1) is 15.5. The van der Waals surface area contributed by atoms with Gasteiger partial charge in [0.2, 0.25) is 0 Å². The SMILES string of the molecule is COc1ccccc1NC(=O)c1ccc(NC(=O)COC(=O)/C=C/c2ccccc2)cc1. The lowest BCUT2D eigenvalue weighted by atomic mass is 10.2. The average Bonchev–Trinajstić information content (AvgIpc) is 2.83.